The van der Waals surface area contributed by atoms with Crippen LogP contribution in [-0.2, 0) is 14.8 Å². The molecule has 1 atom stereocenters. The van der Waals surface area contributed by atoms with Crippen LogP contribution in [0.1, 0.15) is 37.5 Å². The molecular weight excluding hydrogens is 346 g/mol. The number of nitrogens with zero attached hydrogens (tertiary/aromatic N) is 3. The van der Waals surface area contributed by atoms with Crippen molar-refractivity contribution in [2.24, 2.45) is 0 Å². The van der Waals surface area contributed by atoms with Crippen LogP contribution in [-0.4, -0.2) is 49.7 Å². The Morgan fingerprint density at radius 3 is 2.60 bits per heavy atom. The molecule has 0 spiro atoms. The molecule has 0 saturated carbocycles. The first-order valence-electron chi connectivity index (χ1n) is 8.00. The molecule has 25 heavy (non-hydrogen) atoms. The van der Waals surface area contributed by atoms with Gasteiger partial charge in [-0.3, -0.25) is 0 Å². The molecule has 1 fully saturated rings. The number of aromatic nitrogens is 2. The van der Waals surface area contributed by atoms with Crippen molar-refractivity contribution in [1.29, 1.82) is 0 Å². The third kappa shape index (κ3) is 3.53. The Labute approximate surface area is 146 Å². The van der Waals surface area contributed by atoms with Crippen molar-refractivity contribution in [1.82, 2.24) is 14.4 Å². The Morgan fingerprint density at radius 2 is 2.00 bits per heavy atom. The molecule has 0 radical (unpaired) electrons. The van der Waals surface area contributed by atoms with Gasteiger partial charge in [-0.2, -0.15) is 9.29 Å². The van der Waals surface area contributed by atoms with Gasteiger partial charge in [-0.15, -0.1) is 0 Å². The van der Waals surface area contributed by atoms with Crippen molar-refractivity contribution in [2.45, 2.75) is 30.7 Å². The van der Waals surface area contributed by atoms with Gasteiger partial charge in [-0.1, -0.05) is 19.0 Å². The van der Waals surface area contributed by atoms with Crippen molar-refractivity contribution < 1.29 is 22.4 Å². The van der Waals surface area contributed by atoms with Crippen LogP contribution in [0.4, 0.5) is 0 Å². The first kappa shape index (κ1) is 17.8. The van der Waals surface area contributed by atoms with Crippen molar-refractivity contribution in [3.05, 3.63) is 36.0 Å². The maximum atomic E-state index is 13.1. The molecule has 1 aliphatic rings. The monoisotopic (exact) mass is 367 g/mol. The molecule has 0 N–H and O–H groups in total. The van der Waals surface area contributed by atoms with Crippen molar-refractivity contribution >= 4 is 10.0 Å². The van der Waals surface area contributed by atoms with Crippen molar-refractivity contribution in [2.75, 3.05) is 26.9 Å². The molecule has 2 heterocycles. The summed E-state index contributed by atoms with van der Waals surface area (Å²) in [4.78, 5) is 4.52. The molecule has 1 aliphatic heterocycles. The van der Waals surface area contributed by atoms with E-state index in [1.165, 1.54) is 23.5 Å². The molecule has 136 valence electrons. The third-order valence-corrected chi connectivity index (χ3v) is 5.92. The van der Waals surface area contributed by atoms with Crippen LogP contribution in [0, 0.1) is 0 Å². The van der Waals surface area contributed by atoms with E-state index in [9.17, 15) is 8.42 Å². The molecule has 0 bridgehead atoms. The zero-order valence-electron chi connectivity index (χ0n) is 14.4. The summed E-state index contributed by atoms with van der Waals surface area (Å²) in [5, 5.41) is 3.95. The SMILES string of the molecule is COc1ccc(S(=O)(=O)N2CCOCC2c2noc(C(C)C)n2)cc1. The quantitative estimate of drug-likeness (QED) is 0.797. The first-order chi connectivity index (χ1) is 11.9. The van der Waals surface area contributed by atoms with Crippen molar-refractivity contribution in [3.8, 4) is 5.75 Å². The van der Waals surface area contributed by atoms with E-state index in [2.05, 4.69) is 10.1 Å². The number of morpholine rings is 1. The molecule has 2 aromatic rings. The average molecular weight is 367 g/mol. The lowest BCUT2D eigenvalue weighted by Gasteiger charge is -2.32. The largest absolute Gasteiger partial charge is 0.497 e. The predicted octanol–water partition coefficient (Wildman–Crippen LogP) is 1.96. The Morgan fingerprint density at radius 1 is 1.28 bits per heavy atom. The summed E-state index contributed by atoms with van der Waals surface area (Å²) in [6.45, 7) is 4.60. The topological polar surface area (TPSA) is 94.8 Å². The lowest BCUT2D eigenvalue weighted by molar-refractivity contribution is 0.0282. The fourth-order valence-electron chi connectivity index (χ4n) is 2.58. The highest BCUT2D eigenvalue weighted by Gasteiger charge is 2.37. The summed E-state index contributed by atoms with van der Waals surface area (Å²) in [7, 11) is -2.19. The Hall–Kier alpha value is -1.97. The van der Waals surface area contributed by atoms with Gasteiger partial charge in [0, 0.05) is 12.5 Å². The van der Waals surface area contributed by atoms with Gasteiger partial charge < -0.3 is 14.0 Å². The van der Waals surface area contributed by atoms with E-state index in [1.54, 1.807) is 12.1 Å². The first-order valence-corrected chi connectivity index (χ1v) is 9.44. The summed E-state index contributed by atoms with van der Waals surface area (Å²) >= 11 is 0. The van der Waals surface area contributed by atoms with Gasteiger partial charge in [-0.25, -0.2) is 8.42 Å². The molecular formula is C16H21N3O5S. The molecule has 1 unspecified atom stereocenters. The van der Waals surface area contributed by atoms with Crippen LogP contribution >= 0.6 is 0 Å². The number of hydrogen-bond acceptors (Lipinski definition) is 7. The Balaban J connectivity index is 1.93. The normalized spacial score (nSPS) is 19.3. The van der Waals surface area contributed by atoms with Gasteiger partial charge in [0.05, 0.1) is 25.2 Å². The molecule has 9 heteroatoms. The predicted molar refractivity (Wildman–Crippen MR) is 88.8 cm³/mol. The van der Waals surface area contributed by atoms with E-state index in [1.807, 2.05) is 13.8 Å². The maximum absolute atomic E-state index is 13.1. The standard InChI is InChI=1S/C16H21N3O5S/c1-11(2)16-17-15(18-24-16)14-10-23-9-8-19(14)25(20,21)13-6-4-12(22-3)5-7-13/h4-7,11,14H,8-10H2,1-3H3. The number of rotatable bonds is 5. The number of benzene rings is 1. The van der Waals surface area contributed by atoms with Gasteiger partial charge in [0.25, 0.3) is 0 Å². The molecule has 8 nitrogen and oxygen atoms in total. The molecule has 0 aliphatic carbocycles. The Kier molecular flexibility index (Phi) is 5.07. The van der Waals surface area contributed by atoms with E-state index >= 15 is 0 Å². The molecule has 0 amide bonds. The molecule has 1 aromatic carbocycles. The molecule has 1 saturated heterocycles. The van der Waals surface area contributed by atoms with E-state index in [0.29, 0.717) is 24.1 Å². The van der Waals surface area contributed by atoms with Crippen LogP contribution < -0.4 is 4.74 Å². The highest BCUT2D eigenvalue weighted by atomic mass is 32.2. The van der Waals surface area contributed by atoms with Gasteiger partial charge in [0.2, 0.25) is 15.9 Å². The lowest BCUT2D eigenvalue weighted by Crippen LogP contribution is -2.43. The second-order valence-electron chi connectivity index (χ2n) is 6.03. The summed E-state index contributed by atoms with van der Waals surface area (Å²) in [6, 6.07) is 5.67. The van der Waals surface area contributed by atoms with Gasteiger partial charge in [0.1, 0.15) is 11.8 Å². The summed E-state index contributed by atoms with van der Waals surface area (Å²) in [5.41, 5.74) is 0. The summed E-state index contributed by atoms with van der Waals surface area (Å²) < 4.78 is 43.2. The number of hydrogen-bond donors (Lipinski definition) is 0. The zero-order chi connectivity index (χ0) is 18.0. The summed E-state index contributed by atoms with van der Waals surface area (Å²) in [6.07, 6.45) is 0. The molecule has 3 rings (SSSR count). The van der Waals surface area contributed by atoms with Crippen LogP contribution in [0.3, 0.4) is 0 Å². The van der Waals surface area contributed by atoms with Gasteiger partial charge in [0.15, 0.2) is 5.82 Å². The smallest absolute Gasteiger partial charge is 0.243 e. The van der Waals surface area contributed by atoms with Crippen LogP contribution in [0.15, 0.2) is 33.7 Å². The number of methoxy groups -OCH3 is 1. The number of ether oxygens (including phenoxy) is 2. The van der Waals surface area contributed by atoms with Crippen molar-refractivity contribution in [3.63, 3.8) is 0 Å². The highest BCUT2D eigenvalue weighted by molar-refractivity contribution is 7.89. The fraction of sp³-hybridized carbons (Fsp3) is 0.500. The minimum absolute atomic E-state index is 0.0670. The Bertz CT molecular complexity index is 817. The zero-order valence-corrected chi connectivity index (χ0v) is 15.2. The second kappa shape index (κ2) is 7.11. The molecule has 1 aromatic heterocycles. The fourth-order valence-corrected chi connectivity index (χ4v) is 4.14. The van der Waals surface area contributed by atoms with Gasteiger partial charge in [-0.05, 0) is 24.3 Å². The van der Waals surface area contributed by atoms with E-state index in [0.717, 1.165) is 0 Å². The maximum Gasteiger partial charge on any atom is 0.243 e. The lowest BCUT2D eigenvalue weighted by atomic mass is 10.2. The highest BCUT2D eigenvalue weighted by Crippen LogP contribution is 2.30. The van der Waals surface area contributed by atoms with Crippen LogP contribution in [0.5, 0.6) is 5.75 Å². The minimum Gasteiger partial charge on any atom is -0.497 e. The van der Waals surface area contributed by atoms with E-state index in [-0.39, 0.29) is 24.0 Å². The van der Waals surface area contributed by atoms with Crippen LogP contribution in [0.2, 0.25) is 0 Å². The van der Waals surface area contributed by atoms with E-state index in [4.69, 9.17) is 14.0 Å². The third-order valence-electron chi connectivity index (χ3n) is 3.99. The van der Waals surface area contributed by atoms with Gasteiger partial charge >= 0.3 is 0 Å². The van der Waals surface area contributed by atoms with Crippen LogP contribution in [0.25, 0.3) is 0 Å². The summed E-state index contributed by atoms with van der Waals surface area (Å²) in [5.74, 6) is 1.46. The second-order valence-corrected chi connectivity index (χ2v) is 7.92. The minimum atomic E-state index is -3.72. The average Bonchev–Trinajstić information content (AvgIpc) is 3.12. The number of sulfonamides is 1. The van der Waals surface area contributed by atoms with E-state index < -0.39 is 16.1 Å².